The third-order valence-corrected chi connectivity index (χ3v) is 3.01. The van der Waals surface area contributed by atoms with E-state index in [2.05, 4.69) is 9.36 Å². The first-order valence-corrected chi connectivity index (χ1v) is 6.28. The van der Waals surface area contributed by atoms with Crippen molar-refractivity contribution in [3.8, 4) is 10.9 Å². The van der Waals surface area contributed by atoms with Crippen LogP contribution in [0.2, 0.25) is 5.02 Å². The maximum absolute atomic E-state index is 5.99. The average molecular weight is 270 g/mol. The first-order valence-electron chi connectivity index (χ1n) is 5.12. The van der Waals surface area contributed by atoms with Gasteiger partial charge >= 0.3 is 0 Å². The molecule has 0 amide bonds. The van der Waals surface area contributed by atoms with Gasteiger partial charge in [-0.2, -0.15) is 9.36 Å². The number of benzene rings is 1. The van der Waals surface area contributed by atoms with Crippen molar-refractivity contribution in [1.82, 2.24) is 9.36 Å². The Morgan fingerprint density at radius 2 is 2.18 bits per heavy atom. The zero-order valence-electron chi connectivity index (χ0n) is 9.48. The number of nitrogens with zero attached hydrogens (tertiary/aromatic N) is 2. The molecule has 0 radical (unpaired) electrons. The second-order valence-electron chi connectivity index (χ2n) is 3.87. The van der Waals surface area contributed by atoms with E-state index in [1.807, 2.05) is 13.8 Å². The molecule has 0 saturated carbocycles. The summed E-state index contributed by atoms with van der Waals surface area (Å²) in [4.78, 5) is 4.26. The zero-order valence-corrected chi connectivity index (χ0v) is 11.0. The van der Waals surface area contributed by atoms with Gasteiger partial charge in [0, 0.05) is 29.2 Å². The summed E-state index contributed by atoms with van der Waals surface area (Å²) in [7, 11) is 0. The summed E-state index contributed by atoms with van der Waals surface area (Å²) < 4.78 is 9.75. The van der Waals surface area contributed by atoms with E-state index in [-0.39, 0.29) is 5.92 Å². The van der Waals surface area contributed by atoms with E-state index < -0.39 is 0 Å². The average Bonchev–Trinajstić information content (AvgIpc) is 2.72. The molecule has 17 heavy (non-hydrogen) atoms. The first kappa shape index (κ1) is 12.1. The van der Waals surface area contributed by atoms with Gasteiger partial charge in [0.15, 0.2) is 5.75 Å². The molecular formula is C11H12ClN3OS. The Kier molecular flexibility index (Phi) is 3.49. The molecule has 0 atom stereocenters. The second-order valence-corrected chi connectivity index (χ2v) is 4.99. The predicted octanol–water partition coefficient (Wildman–Crippen LogP) is 3.69. The molecule has 0 spiro atoms. The molecule has 0 bridgehead atoms. The van der Waals surface area contributed by atoms with E-state index in [0.29, 0.717) is 21.7 Å². The zero-order chi connectivity index (χ0) is 12.4. The standard InChI is InChI=1S/C11H12ClN3OS/c1-6(2)10-14-11(17-15-10)16-9-5-7(13)3-4-8(9)12/h3-6H,13H2,1-2H3. The minimum absolute atomic E-state index is 0.278. The lowest BCUT2D eigenvalue weighted by atomic mass is 10.2. The van der Waals surface area contributed by atoms with E-state index in [1.165, 1.54) is 11.5 Å². The highest BCUT2D eigenvalue weighted by Gasteiger charge is 2.11. The second kappa shape index (κ2) is 4.89. The summed E-state index contributed by atoms with van der Waals surface area (Å²) in [6.07, 6.45) is 0. The molecule has 0 fully saturated rings. The smallest absolute Gasteiger partial charge is 0.298 e. The normalized spacial score (nSPS) is 10.8. The van der Waals surface area contributed by atoms with Crippen LogP contribution in [-0.4, -0.2) is 9.36 Å². The summed E-state index contributed by atoms with van der Waals surface area (Å²) in [6.45, 7) is 4.05. The Morgan fingerprint density at radius 1 is 1.41 bits per heavy atom. The van der Waals surface area contributed by atoms with Crippen LogP contribution in [0, 0.1) is 0 Å². The molecule has 0 unspecified atom stereocenters. The third-order valence-electron chi connectivity index (χ3n) is 2.09. The van der Waals surface area contributed by atoms with Gasteiger partial charge < -0.3 is 10.5 Å². The Hall–Kier alpha value is -1.33. The number of anilines is 1. The van der Waals surface area contributed by atoms with Gasteiger partial charge in [-0.1, -0.05) is 25.4 Å². The number of nitrogen functional groups attached to an aromatic ring is 1. The van der Waals surface area contributed by atoms with E-state index in [9.17, 15) is 0 Å². The molecule has 90 valence electrons. The Labute approximate surface area is 109 Å². The lowest BCUT2D eigenvalue weighted by Gasteiger charge is -2.04. The fourth-order valence-corrected chi connectivity index (χ4v) is 2.03. The fourth-order valence-electron chi connectivity index (χ4n) is 1.19. The molecule has 0 aliphatic heterocycles. The number of ether oxygens (including phenoxy) is 1. The maximum atomic E-state index is 5.99. The highest BCUT2D eigenvalue weighted by Crippen LogP contribution is 2.32. The maximum Gasteiger partial charge on any atom is 0.298 e. The van der Waals surface area contributed by atoms with Gasteiger partial charge in [0.25, 0.3) is 5.19 Å². The van der Waals surface area contributed by atoms with Gasteiger partial charge in [0.1, 0.15) is 5.82 Å². The molecule has 2 rings (SSSR count). The Bertz CT molecular complexity index is 527. The monoisotopic (exact) mass is 269 g/mol. The topological polar surface area (TPSA) is 61.0 Å². The number of halogens is 1. The van der Waals surface area contributed by atoms with Crippen molar-refractivity contribution < 1.29 is 4.74 Å². The van der Waals surface area contributed by atoms with Crippen molar-refractivity contribution in [1.29, 1.82) is 0 Å². The van der Waals surface area contributed by atoms with Crippen molar-refractivity contribution in [3.63, 3.8) is 0 Å². The van der Waals surface area contributed by atoms with Crippen LogP contribution in [0.4, 0.5) is 5.69 Å². The molecule has 2 N–H and O–H groups in total. The number of rotatable bonds is 3. The van der Waals surface area contributed by atoms with E-state index in [4.69, 9.17) is 22.1 Å². The largest absolute Gasteiger partial charge is 0.428 e. The van der Waals surface area contributed by atoms with Crippen LogP contribution in [0.15, 0.2) is 18.2 Å². The number of nitrogens with two attached hydrogens (primary N) is 1. The molecule has 0 saturated heterocycles. The van der Waals surface area contributed by atoms with Crippen LogP contribution in [-0.2, 0) is 0 Å². The summed E-state index contributed by atoms with van der Waals surface area (Å²) in [5.74, 6) is 1.54. The molecule has 1 aromatic heterocycles. The quantitative estimate of drug-likeness (QED) is 0.863. The number of hydrogen-bond acceptors (Lipinski definition) is 5. The number of aromatic nitrogens is 2. The van der Waals surface area contributed by atoms with Gasteiger partial charge in [-0.3, -0.25) is 0 Å². The van der Waals surface area contributed by atoms with Gasteiger partial charge in [0.05, 0.1) is 5.02 Å². The first-order chi connectivity index (χ1) is 8.06. The molecule has 2 aromatic rings. The molecule has 1 aromatic carbocycles. The van der Waals surface area contributed by atoms with Crippen LogP contribution in [0.3, 0.4) is 0 Å². The Morgan fingerprint density at radius 3 is 2.82 bits per heavy atom. The van der Waals surface area contributed by atoms with Crippen molar-refractivity contribution in [2.75, 3.05) is 5.73 Å². The van der Waals surface area contributed by atoms with Crippen LogP contribution < -0.4 is 10.5 Å². The number of hydrogen-bond donors (Lipinski definition) is 1. The minimum Gasteiger partial charge on any atom is -0.428 e. The minimum atomic E-state index is 0.278. The van der Waals surface area contributed by atoms with Crippen molar-refractivity contribution >= 4 is 28.8 Å². The SMILES string of the molecule is CC(C)c1nsc(Oc2cc(N)ccc2Cl)n1. The summed E-state index contributed by atoms with van der Waals surface area (Å²) in [5.41, 5.74) is 6.26. The van der Waals surface area contributed by atoms with Crippen LogP contribution in [0.1, 0.15) is 25.6 Å². The van der Waals surface area contributed by atoms with Gasteiger partial charge in [-0.05, 0) is 12.1 Å². The lowest BCUT2D eigenvalue weighted by molar-refractivity contribution is 0.476. The third kappa shape index (κ3) is 2.87. The summed E-state index contributed by atoms with van der Waals surface area (Å²) in [6, 6.07) is 5.07. The Balaban J connectivity index is 2.22. The lowest BCUT2D eigenvalue weighted by Crippen LogP contribution is -1.91. The molecule has 0 aliphatic rings. The van der Waals surface area contributed by atoms with Gasteiger partial charge in [-0.25, -0.2) is 0 Å². The van der Waals surface area contributed by atoms with E-state index in [1.54, 1.807) is 18.2 Å². The van der Waals surface area contributed by atoms with Crippen LogP contribution in [0.25, 0.3) is 0 Å². The van der Waals surface area contributed by atoms with E-state index in [0.717, 1.165) is 5.82 Å². The van der Waals surface area contributed by atoms with Crippen molar-refractivity contribution in [2.45, 2.75) is 19.8 Å². The summed E-state index contributed by atoms with van der Waals surface area (Å²) >= 11 is 7.20. The molecule has 0 aliphatic carbocycles. The van der Waals surface area contributed by atoms with Crippen molar-refractivity contribution in [3.05, 3.63) is 29.0 Å². The molecule has 4 nitrogen and oxygen atoms in total. The molecular weight excluding hydrogens is 258 g/mol. The molecule has 6 heteroatoms. The van der Waals surface area contributed by atoms with Gasteiger partial charge in [0.2, 0.25) is 0 Å². The highest BCUT2D eigenvalue weighted by molar-refractivity contribution is 7.07. The van der Waals surface area contributed by atoms with Crippen molar-refractivity contribution in [2.24, 2.45) is 0 Å². The fraction of sp³-hybridized carbons (Fsp3) is 0.273. The van der Waals surface area contributed by atoms with Crippen LogP contribution in [0.5, 0.6) is 10.9 Å². The van der Waals surface area contributed by atoms with E-state index >= 15 is 0 Å². The summed E-state index contributed by atoms with van der Waals surface area (Å²) in [5, 5.41) is 0.974. The molecule has 1 heterocycles. The van der Waals surface area contributed by atoms with Gasteiger partial charge in [-0.15, -0.1) is 0 Å². The predicted molar refractivity (Wildman–Crippen MR) is 69.9 cm³/mol. The van der Waals surface area contributed by atoms with Crippen LogP contribution >= 0.6 is 23.1 Å². The highest BCUT2D eigenvalue weighted by atomic mass is 35.5.